The summed E-state index contributed by atoms with van der Waals surface area (Å²) in [6.07, 6.45) is 0. The van der Waals surface area contributed by atoms with Crippen molar-refractivity contribution in [2.75, 3.05) is 0 Å². The molecule has 14 aromatic rings. The molecule has 1 heteroatoms. The highest BCUT2D eigenvalue weighted by Gasteiger charge is 2.20. The highest BCUT2D eigenvalue weighted by Crippen LogP contribution is 2.47. The van der Waals surface area contributed by atoms with E-state index >= 15 is 0 Å². The summed E-state index contributed by atoms with van der Waals surface area (Å²) >= 11 is 0. The Morgan fingerprint density at radius 1 is 0.222 bits per heavy atom. The van der Waals surface area contributed by atoms with E-state index < -0.39 is 0 Å². The maximum Gasteiger partial charge on any atom is 0.136 e. The van der Waals surface area contributed by atoms with Gasteiger partial charge in [-0.2, -0.15) is 0 Å². The number of hydrogen-bond acceptors (Lipinski definition) is 1. The highest BCUT2D eigenvalue weighted by atomic mass is 16.3. The van der Waals surface area contributed by atoms with E-state index in [1.54, 1.807) is 0 Å². The summed E-state index contributed by atoms with van der Waals surface area (Å²) in [6, 6.07) is 80.7. The lowest BCUT2D eigenvalue weighted by molar-refractivity contribution is 0.670. The molecule has 1 aromatic heterocycles. The van der Waals surface area contributed by atoms with E-state index in [9.17, 15) is 0 Å². The van der Waals surface area contributed by atoms with Crippen LogP contribution in [0.1, 0.15) is 0 Å². The first-order chi connectivity index (χ1) is 31.2. The zero-order valence-corrected chi connectivity index (χ0v) is 34.2. The SMILES string of the molecule is c1ccc2c(-c3ccc4cc(-c5c6ccccc6c(-c6ccc7c(c6)c6ccccc6c6cc8oc9ccc%10ccccc%10c9c8cc76)c6ccccc56)ccc4c3)cccc2c1. The van der Waals surface area contributed by atoms with E-state index in [-0.39, 0.29) is 0 Å². The summed E-state index contributed by atoms with van der Waals surface area (Å²) in [6.45, 7) is 0. The zero-order valence-electron chi connectivity index (χ0n) is 34.2. The first-order valence-electron chi connectivity index (χ1n) is 21.8. The van der Waals surface area contributed by atoms with Gasteiger partial charge in [0, 0.05) is 10.8 Å². The Morgan fingerprint density at radius 3 is 1.37 bits per heavy atom. The summed E-state index contributed by atoms with van der Waals surface area (Å²) in [4.78, 5) is 0. The van der Waals surface area contributed by atoms with Crippen molar-refractivity contribution in [2.24, 2.45) is 0 Å². The van der Waals surface area contributed by atoms with Gasteiger partial charge in [0.2, 0.25) is 0 Å². The molecule has 290 valence electrons. The second-order valence-electron chi connectivity index (χ2n) is 17.1. The molecule has 0 saturated heterocycles. The van der Waals surface area contributed by atoms with Crippen LogP contribution in [0.25, 0.3) is 141 Å². The van der Waals surface area contributed by atoms with Crippen LogP contribution in [0, 0.1) is 0 Å². The molecule has 0 fully saturated rings. The predicted octanol–water partition coefficient (Wildman–Crippen LogP) is 17.8. The monoisotopic (exact) mass is 796 g/mol. The van der Waals surface area contributed by atoms with Gasteiger partial charge in [0.05, 0.1) is 0 Å². The smallest absolute Gasteiger partial charge is 0.136 e. The van der Waals surface area contributed by atoms with E-state index in [4.69, 9.17) is 4.42 Å². The van der Waals surface area contributed by atoms with Crippen molar-refractivity contribution in [3.8, 4) is 33.4 Å². The van der Waals surface area contributed by atoms with Gasteiger partial charge in [0.15, 0.2) is 0 Å². The quantitative estimate of drug-likeness (QED) is 0.128. The molecule has 1 heterocycles. The molecule has 13 aromatic carbocycles. The molecule has 0 spiro atoms. The number of hydrogen-bond donors (Lipinski definition) is 0. The minimum absolute atomic E-state index is 0.921. The van der Waals surface area contributed by atoms with Crippen molar-refractivity contribution in [3.63, 3.8) is 0 Å². The summed E-state index contributed by atoms with van der Waals surface area (Å²) in [7, 11) is 0. The van der Waals surface area contributed by atoms with Crippen LogP contribution < -0.4 is 0 Å². The molecular formula is C62H36O. The van der Waals surface area contributed by atoms with Crippen molar-refractivity contribution in [2.45, 2.75) is 0 Å². The molecule has 0 unspecified atom stereocenters. The Morgan fingerprint density at radius 2 is 0.683 bits per heavy atom. The first kappa shape index (κ1) is 34.5. The van der Waals surface area contributed by atoms with Crippen LogP contribution in [-0.2, 0) is 0 Å². The van der Waals surface area contributed by atoms with Gasteiger partial charge in [0.25, 0.3) is 0 Å². The second kappa shape index (κ2) is 13.1. The van der Waals surface area contributed by atoms with Gasteiger partial charge in [0.1, 0.15) is 11.2 Å². The van der Waals surface area contributed by atoms with E-state index in [1.165, 1.54) is 125 Å². The number of benzene rings is 13. The Bertz CT molecular complexity index is 4200. The fourth-order valence-corrected chi connectivity index (χ4v) is 10.9. The molecule has 0 aliphatic heterocycles. The Balaban J connectivity index is 0.978. The fraction of sp³-hybridized carbons (Fsp3) is 0. The maximum absolute atomic E-state index is 6.59. The average Bonchev–Trinajstić information content (AvgIpc) is 3.72. The van der Waals surface area contributed by atoms with Gasteiger partial charge in [-0.05, 0) is 156 Å². The van der Waals surface area contributed by atoms with Gasteiger partial charge in [-0.25, -0.2) is 0 Å². The Labute approximate surface area is 362 Å². The number of rotatable bonds is 3. The molecule has 0 amide bonds. The maximum atomic E-state index is 6.59. The Hall–Kier alpha value is -8.26. The van der Waals surface area contributed by atoms with Gasteiger partial charge in [-0.3, -0.25) is 0 Å². The van der Waals surface area contributed by atoms with E-state index in [2.05, 4.69) is 218 Å². The lowest BCUT2D eigenvalue weighted by Crippen LogP contribution is -1.91. The van der Waals surface area contributed by atoms with Crippen molar-refractivity contribution < 1.29 is 4.42 Å². The molecule has 0 radical (unpaired) electrons. The standard InChI is InChI=1S/C62H36O/c1-3-15-44-37(12-1)14-11-23-45(44)41-26-24-40-33-42(27-25-39(40)32-41)60-50-19-7-9-21-52(50)61(53-22-10-8-20-51(53)60)43-28-30-49-54(34-43)47-17-5-6-18-48(47)56-36-59-57(35-55(49)56)62-46-16-4-2-13-38(46)29-31-58(62)63-59/h1-36H. The number of fused-ring (bicyclic) bond motifs is 15. The van der Waals surface area contributed by atoms with Crippen LogP contribution in [0.2, 0.25) is 0 Å². The lowest BCUT2D eigenvalue weighted by atomic mass is 9.84. The molecule has 0 N–H and O–H groups in total. The largest absolute Gasteiger partial charge is 0.456 e. The van der Waals surface area contributed by atoms with Crippen molar-refractivity contribution >= 4 is 108 Å². The van der Waals surface area contributed by atoms with Crippen molar-refractivity contribution in [1.82, 2.24) is 0 Å². The van der Waals surface area contributed by atoms with Crippen LogP contribution in [0.3, 0.4) is 0 Å². The average molecular weight is 797 g/mol. The third-order valence-corrected chi connectivity index (χ3v) is 13.8. The minimum Gasteiger partial charge on any atom is -0.456 e. The van der Waals surface area contributed by atoms with Crippen LogP contribution in [0.4, 0.5) is 0 Å². The molecule has 0 atom stereocenters. The van der Waals surface area contributed by atoms with Gasteiger partial charge in [-0.15, -0.1) is 0 Å². The lowest BCUT2D eigenvalue weighted by Gasteiger charge is -2.19. The van der Waals surface area contributed by atoms with Crippen LogP contribution in [0.5, 0.6) is 0 Å². The van der Waals surface area contributed by atoms with E-state index in [0.717, 1.165) is 16.6 Å². The molecule has 0 bridgehead atoms. The predicted molar refractivity (Wildman–Crippen MR) is 270 cm³/mol. The van der Waals surface area contributed by atoms with Crippen molar-refractivity contribution in [3.05, 3.63) is 218 Å². The molecule has 0 aliphatic rings. The normalized spacial score (nSPS) is 12.1. The second-order valence-corrected chi connectivity index (χ2v) is 17.1. The van der Waals surface area contributed by atoms with E-state index in [0.29, 0.717) is 0 Å². The van der Waals surface area contributed by atoms with Gasteiger partial charge >= 0.3 is 0 Å². The molecular weight excluding hydrogens is 761 g/mol. The summed E-state index contributed by atoms with van der Waals surface area (Å²) in [5.41, 5.74) is 9.31. The molecule has 63 heavy (non-hydrogen) atoms. The molecule has 0 saturated carbocycles. The molecule has 1 nitrogen and oxygen atoms in total. The van der Waals surface area contributed by atoms with Crippen molar-refractivity contribution in [1.29, 1.82) is 0 Å². The topological polar surface area (TPSA) is 13.1 Å². The van der Waals surface area contributed by atoms with E-state index in [1.807, 2.05) is 0 Å². The van der Waals surface area contributed by atoms with Crippen LogP contribution >= 0.6 is 0 Å². The van der Waals surface area contributed by atoms with Gasteiger partial charge in [-0.1, -0.05) is 182 Å². The summed E-state index contributed by atoms with van der Waals surface area (Å²) in [5, 5.41) is 22.2. The number of furan rings is 1. The van der Waals surface area contributed by atoms with Gasteiger partial charge < -0.3 is 4.42 Å². The first-order valence-corrected chi connectivity index (χ1v) is 21.8. The molecule has 0 aliphatic carbocycles. The van der Waals surface area contributed by atoms with Crippen LogP contribution in [-0.4, -0.2) is 0 Å². The summed E-state index contributed by atoms with van der Waals surface area (Å²) < 4.78 is 6.59. The highest BCUT2D eigenvalue weighted by molar-refractivity contribution is 6.31. The third kappa shape index (κ3) is 5.05. The van der Waals surface area contributed by atoms with Crippen LogP contribution in [0.15, 0.2) is 223 Å². The fourth-order valence-electron chi connectivity index (χ4n) is 10.9. The third-order valence-electron chi connectivity index (χ3n) is 13.8. The minimum atomic E-state index is 0.921. The zero-order chi connectivity index (χ0) is 41.2. The molecule has 14 rings (SSSR count). The Kier molecular flexibility index (Phi) is 7.17. The summed E-state index contributed by atoms with van der Waals surface area (Å²) in [5.74, 6) is 0.